The fraction of sp³-hybridized carbons (Fsp3) is 0.0370. The summed E-state index contributed by atoms with van der Waals surface area (Å²) in [7, 11) is 0. The Morgan fingerprint density at radius 3 is 1.72 bits per heavy atom. The molecule has 2 aromatic carbocycles. The van der Waals surface area contributed by atoms with Crippen molar-refractivity contribution in [3.63, 3.8) is 0 Å². The zero-order valence-corrected chi connectivity index (χ0v) is 24.0. The Labute approximate surface area is 255 Å². The summed E-state index contributed by atoms with van der Waals surface area (Å²) in [6, 6.07) is 25.8. The lowest BCUT2D eigenvalue weighted by atomic mass is 10.3. The largest absolute Gasteiger partial charge is 1.00 e. The van der Waals surface area contributed by atoms with Crippen LogP contribution in [0.15, 0.2) is 123 Å². The second kappa shape index (κ2) is 16.3. The number of halogens is 4. The third-order valence-electron chi connectivity index (χ3n) is 4.63. The molecule has 0 atom stereocenters. The third-order valence-corrected chi connectivity index (χ3v) is 5.35. The average molecular weight is 752 g/mol. The number of aromatic nitrogens is 8. The van der Waals surface area contributed by atoms with Gasteiger partial charge in [-0.2, -0.15) is 5.10 Å². The highest BCUT2D eigenvalue weighted by molar-refractivity contribution is 14.1. The average Bonchev–Trinajstić information content (AvgIpc) is 3.65. The fourth-order valence-electron chi connectivity index (χ4n) is 2.89. The molecule has 0 bridgehead atoms. The zero-order chi connectivity index (χ0) is 25.9. The van der Waals surface area contributed by atoms with Crippen LogP contribution in [0.5, 0.6) is 0 Å². The summed E-state index contributed by atoms with van der Waals surface area (Å²) >= 11 is 2.28. The van der Waals surface area contributed by atoms with Crippen LogP contribution in [0.4, 0.5) is 8.78 Å². The molecule has 39 heavy (non-hydrogen) atoms. The molecule has 0 radical (unpaired) electrons. The van der Waals surface area contributed by atoms with E-state index in [9.17, 15) is 8.78 Å². The van der Waals surface area contributed by atoms with Crippen molar-refractivity contribution in [2.75, 3.05) is 0 Å². The highest BCUT2D eigenvalue weighted by atomic mass is 127. The maximum Gasteiger partial charge on any atom is 0.270 e. The molecule has 0 saturated heterocycles. The molecule has 12 heteroatoms. The van der Waals surface area contributed by atoms with E-state index in [4.69, 9.17) is 0 Å². The van der Waals surface area contributed by atoms with Crippen LogP contribution in [0.1, 0.15) is 7.43 Å². The first-order chi connectivity index (χ1) is 18.1. The summed E-state index contributed by atoms with van der Waals surface area (Å²) in [5.74, 6) is 0.403. The molecule has 4 heterocycles. The van der Waals surface area contributed by atoms with Crippen LogP contribution in [0, 0.1) is 15.2 Å². The lowest BCUT2D eigenvalue weighted by molar-refractivity contribution is -0.596. The van der Waals surface area contributed by atoms with Crippen LogP contribution in [0.2, 0.25) is 0 Å². The summed E-state index contributed by atoms with van der Waals surface area (Å²) < 4.78 is 31.4. The third kappa shape index (κ3) is 9.86. The molecule has 0 spiro atoms. The Morgan fingerprint density at radius 1 is 0.692 bits per heavy atom. The number of rotatable bonds is 3. The van der Waals surface area contributed by atoms with E-state index in [1.165, 1.54) is 45.3 Å². The Balaban J connectivity index is 0.000000220. The van der Waals surface area contributed by atoms with E-state index in [2.05, 4.69) is 59.9 Å². The van der Waals surface area contributed by atoms with Gasteiger partial charge < -0.3 is 24.0 Å². The van der Waals surface area contributed by atoms with Gasteiger partial charge in [0.1, 0.15) is 30.0 Å². The summed E-state index contributed by atoms with van der Waals surface area (Å²) in [5.41, 5.74) is 1.01. The van der Waals surface area contributed by atoms with Gasteiger partial charge in [-0.25, -0.2) is 33.0 Å². The van der Waals surface area contributed by atoms with Crippen molar-refractivity contribution in [1.82, 2.24) is 34.5 Å². The summed E-state index contributed by atoms with van der Waals surface area (Å²) in [5, 5.41) is 8.02. The number of para-hydroxylation sites is 1. The normalized spacial score (nSPS) is 9.51. The maximum absolute atomic E-state index is 12.8. The minimum absolute atomic E-state index is 0. The lowest BCUT2D eigenvalue weighted by Gasteiger charge is -1.96. The zero-order valence-electron chi connectivity index (χ0n) is 19.6. The lowest BCUT2D eigenvalue weighted by Crippen LogP contribution is -3.00. The van der Waals surface area contributed by atoms with Crippen molar-refractivity contribution < 1.29 is 37.3 Å². The van der Waals surface area contributed by atoms with Gasteiger partial charge in [-0.3, -0.25) is 0 Å². The van der Waals surface area contributed by atoms with Crippen molar-refractivity contribution in [2.24, 2.45) is 0 Å². The van der Waals surface area contributed by atoms with Crippen molar-refractivity contribution in [2.45, 2.75) is 7.43 Å². The minimum atomic E-state index is -0.362. The van der Waals surface area contributed by atoms with Crippen LogP contribution in [0.3, 0.4) is 0 Å². The van der Waals surface area contributed by atoms with Crippen molar-refractivity contribution >= 4 is 22.6 Å². The van der Waals surface area contributed by atoms with E-state index in [1.54, 1.807) is 23.4 Å². The first kappa shape index (κ1) is 31.6. The van der Waals surface area contributed by atoms with Gasteiger partial charge in [0.05, 0.1) is 12.4 Å². The van der Waals surface area contributed by atoms with Crippen LogP contribution in [0.25, 0.3) is 17.3 Å². The fourth-order valence-corrected chi connectivity index (χ4v) is 3.30. The second-order valence-electron chi connectivity index (χ2n) is 7.24. The molecular formula is C27H24F2I2N8. The number of nitrogens with zero attached hydrogens (tertiary/aromatic N) is 8. The number of benzene rings is 2. The van der Waals surface area contributed by atoms with Crippen molar-refractivity contribution in [3.8, 4) is 17.3 Å². The molecule has 8 nitrogen and oxygen atoms in total. The Morgan fingerprint density at radius 2 is 1.26 bits per heavy atom. The summed E-state index contributed by atoms with van der Waals surface area (Å²) in [4.78, 5) is 11.5. The molecule has 0 aliphatic rings. The molecule has 0 amide bonds. The molecule has 6 rings (SSSR count). The Hall–Kier alpha value is -3.66. The molecule has 200 valence electrons. The predicted molar refractivity (Wildman–Crippen MR) is 148 cm³/mol. The topological polar surface area (TPSA) is 78.2 Å². The number of hydrogen-bond acceptors (Lipinski definition) is 5. The smallest absolute Gasteiger partial charge is 0.270 e. The number of pyridine rings is 2. The molecular weight excluding hydrogens is 728 g/mol. The van der Waals surface area contributed by atoms with E-state index in [1.807, 2.05) is 53.1 Å². The van der Waals surface area contributed by atoms with Gasteiger partial charge in [-0.15, -0.1) is 0 Å². The van der Waals surface area contributed by atoms with Crippen molar-refractivity contribution in [1.29, 1.82) is 0 Å². The first-order valence-corrected chi connectivity index (χ1v) is 12.0. The van der Waals surface area contributed by atoms with Gasteiger partial charge in [0.2, 0.25) is 12.1 Å². The van der Waals surface area contributed by atoms with E-state index >= 15 is 0 Å². The standard InChI is InChI=1S/C13H10FN4.C7H5FN4.C6H5I.CH4.HI/c14-11-6-7-13(15-8-11)18-10-17(9-16-18)12-4-2-1-3-5-12;8-6-1-2-7(10-3-6)12-5-9-4-11-12;7-6-4-2-1-3-5-6;;/h1-10H;1-5H;1-5H;1H4;1H/q+1;;;;/p-1. The quantitative estimate of drug-likeness (QED) is 0.205. The molecule has 0 fully saturated rings. The number of hydrogen-bond donors (Lipinski definition) is 0. The SMILES string of the molecule is C.Fc1ccc(-n2c[n+](-c3ccccc3)cn2)nc1.Fc1ccc(-n2cncn2)nc1.Ic1ccccc1.[I-]. The van der Waals surface area contributed by atoms with Gasteiger partial charge in [-0.05, 0) is 65.1 Å². The van der Waals surface area contributed by atoms with Crippen LogP contribution < -0.4 is 28.5 Å². The molecule has 4 aromatic heterocycles. The van der Waals surface area contributed by atoms with E-state index in [0.29, 0.717) is 11.6 Å². The molecule has 0 aliphatic carbocycles. The van der Waals surface area contributed by atoms with Gasteiger partial charge in [-0.1, -0.05) is 48.5 Å². The summed E-state index contributed by atoms with van der Waals surface area (Å²) in [6.45, 7) is 0. The van der Waals surface area contributed by atoms with Gasteiger partial charge in [0, 0.05) is 14.7 Å². The van der Waals surface area contributed by atoms with E-state index in [-0.39, 0.29) is 43.0 Å². The van der Waals surface area contributed by atoms with Crippen molar-refractivity contribution in [3.05, 3.63) is 138 Å². The molecule has 0 unspecified atom stereocenters. The van der Waals surface area contributed by atoms with Gasteiger partial charge in [0.15, 0.2) is 5.82 Å². The Bertz CT molecular complexity index is 1480. The monoisotopic (exact) mass is 752 g/mol. The van der Waals surface area contributed by atoms with Crippen LogP contribution >= 0.6 is 22.6 Å². The van der Waals surface area contributed by atoms with E-state index in [0.717, 1.165) is 11.9 Å². The van der Waals surface area contributed by atoms with Gasteiger partial charge in [0.25, 0.3) is 6.33 Å². The molecule has 6 aromatic rings. The molecule has 0 N–H and O–H groups in total. The van der Waals surface area contributed by atoms with E-state index < -0.39 is 0 Å². The maximum atomic E-state index is 12.8. The van der Waals surface area contributed by atoms with Crippen LogP contribution in [-0.2, 0) is 0 Å². The molecule has 0 aliphatic heterocycles. The highest BCUT2D eigenvalue weighted by Crippen LogP contribution is 2.04. The predicted octanol–water partition coefficient (Wildman–Crippen LogP) is 2.42. The highest BCUT2D eigenvalue weighted by Gasteiger charge is 2.10. The summed E-state index contributed by atoms with van der Waals surface area (Å²) in [6.07, 6.45) is 8.67. The van der Waals surface area contributed by atoms with Crippen LogP contribution in [-0.4, -0.2) is 34.5 Å². The first-order valence-electron chi connectivity index (χ1n) is 10.9. The molecule has 0 saturated carbocycles. The van der Waals surface area contributed by atoms with Gasteiger partial charge >= 0.3 is 0 Å². The Kier molecular flexibility index (Phi) is 13.2. The second-order valence-corrected chi connectivity index (χ2v) is 8.48. The minimum Gasteiger partial charge on any atom is -1.00 e.